The van der Waals surface area contributed by atoms with Gasteiger partial charge in [0.25, 0.3) is 5.56 Å². The highest BCUT2D eigenvalue weighted by Crippen LogP contribution is 2.16. The number of hydrogen-bond donors (Lipinski definition) is 1. The van der Waals surface area contributed by atoms with Crippen LogP contribution in [0.25, 0.3) is 10.9 Å². The van der Waals surface area contributed by atoms with E-state index in [0.29, 0.717) is 48.4 Å². The monoisotopic (exact) mass is 414 g/mol. The normalized spacial score (nSPS) is 10.8. The molecule has 0 aliphatic rings. The van der Waals surface area contributed by atoms with Crippen LogP contribution in [0.5, 0.6) is 0 Å². The van der Waals surface area contributed by atoms with Crippen LogP contribution in [0.3, 0.4) is 0 Å². The molecule has 0 saturated heterocycles. The van der Waals surface area contributed by atoms with E-state index in [0.717, 1.165) is 4.47 Å². The maximum atomic E-state index is 12.5. The number of rotatable bonds is 6. The van der Waals surface area contributed by atoms with Crippen molar-refractivity contribution in [1.29, 1.82) is 0 Å². The SMILES string of the molecule is CCN(C(=O)CCCc1nc2ccccc2c(=O)[nH]1)c1ccc(Br)cn1. The fourth-order valence-corrected chi connectivity index (χ4v) is 3.02. The second kappa shape index (κ2) is 8.23. The third-order valence-electron chi connectivity index (χ3n) is 4.07. The van der Waals surface area contributed by atoms with E-state index in [2.05, 4.69) is 30.9 Å². The summed E-state index contributed by atoms with van der Waals surface area (Å²) in [4.78, 5) is 37.8. The van der Waals surface area contributed by atoms with Crippen LogP contribution < -0.4 is 10.5 Å². The first-order chi connectivity index (χ1) is 12.6. The third kappa shape index (κ3) is 4.16. The summed E-state index contributed by atoms with van der Waals surface area (Å²) in [5.74, 6) is 1.25. The first kappa shape index (κ1) is 18.3. The molecule has 0 bridgehead atoms. The highest BCUT2D eigenvalue weighted by Gasteiger charge is 2.15. The molecule has 0 atom stereocenters. The van der Waals surface area contributed by atoms with Crippen molar-refractivity contribution in [3.05, 3.63) is 63.2 Å². The van der Waals surface area contributed by atoms with Crippen LogP contribution in [0.4, 0.5) is 5.82 Å². The Balaban J connectivity index is 1.64. The zero-order chi connectivity index (χ0) is 18.5. The van der Waals surface area contributed by atoms with Crippen LogP contribution in [0.2, 0.25) is 0 Å². The van der Waals surface area contributed by atoms with Gasteiger partial charge in [-0.3, -0.25) is 14.5 Å². The van der Waals surface area contributed by atoms with E-state index < -0.39 is 0 Å². The van der Waals surface area contributed by atoms with Gasteiger partial charge in [0.15, 0.2) is 0 Å². The molecule has 1 aromatic carbocycles. The van der Waals surface area contributed by atoms with Crippen molar-refractivity contribution in [2.24, 2.45) is 0 Å². The average molecular weight is 415 g/mol. The van der Waals surface area contributed by atoms with E-state index in [1.54, 1.807) is 17.2 Å². The second-order valence-corrected chi connectivity index (χ2v) is 6.77. The van der Waals surface area contributed by atoms with Crippen molar-refractivity contribution in [1.82, 2.24) is 15.0 Å². The van der Waals surface area contributed by atoms with Crippen LogP contribution in [0.15, 0.2) is 51.9 Å². The molecule has 26 heavy (non-hydrogen) atoms. The molecule has 3 aromatic rings. The number of pyridine rings is 1. The summed E-state index contributed by atoms with van der Waals surface area (Å²) in [6, 6.07) is 10.9. The number of fused-ring (bicyclic) bond motifs is 1. The molecule has 0 saturated carbocycles. The zero-order valence-corrected chi connectivity index (χ0v) is 16.0. The van der Waals surface area contributed by atoms with Crippen LogP contribution in [0, 0.1) is 0 Å². The Bertz CT molecular complexity index is 969. The number of benzene rings is 1. The van der Waals surface area contributed by atoms with Gasteiger partial charge in [0.1, 0.15) is 11.6 Å². The minimum Gasteiger partial charge on any atom is -0.310 e. The lowest BCUT2D eigenvalue weighted by Crippen LogP contribution is -2.31. The lowest BCUT2D eigenvalue weighted by molar-refractivity contribution is -0.118. The van der Waals surface area contributed by atoms with Gasteiger partial charge in [-0.25, -0.2) is 9.97 Å². The van der Waals surface area contributed by atoms with Gasteiger partial charge in [0, 0.05) is 30.1 Å². The quantitative estimate of drug-likeness (QED) is 0.669. The molecular formula is C19H19BrN4O2. The molecule has 1 amide bonds. The minimum absolute atomic E-state index is 0.00505. The Morgan fingerprint density at radius 1 is 1.23 bits per heavy atom. The van der Waals surface area contributed by atoms with Gasteiger partial charge in [-0.2, -0.15) is 0 Å². The molecule has 0 unspecified atom stereocenters. The lowest BCUT2D eigenvalue weighted by atomic mass is 10.2. The highest BCUT2D eigenvalue weighted by atomic mass is 79.9. The minimum atomic E-state index is -0.147. The van der Waals surface area contributed by atoms with Gasteiger partial charge in [-0.15, -0.1) is 0 Å². The maximum absolute atomic E-state index is 12.5. The van der Waals surface area contributed by atoms with Gasteiger partial charge in [0.2, 0.25) is 5.91 Å². The lowest BCUT2D eigenvalue weighted by Gasteiger charge is -2.19. The van der Waals surface area contributed by atoms with Crippen LogP contribution in [0.1, 0.15) is 25.6 Å². The van der Waals surface area contributed by atoms with Gasteiger partial charge in [-0.05, 0) is 53.5 Å². The molecule has 0 radical (unpaired) electrons. The summed E-state index contributed by atoms with van der Waals surface area (Å²) in [6.07, 6.45) is 3.18. The number of anilines is 1. The van der Waals surface area contributed by atoms with E-state index in [1.807, 2.05) is 37.3 Å². The second-order valence-electron chi connectivity index (χ2n) is 5.86. The van der Waals surface area contributed by atoms with Gasteiger partial charge in [-0.1, -0.05) is 12.1 Å². The number of carbonyl (C=O) groups excluding carboxylic acids is 1. The Hall–Kier alpha value is -2.54. The fourth-order valence-electron chi connectivity index (χ4n) is 2.79. The Kier molecular flexibility index (Phi) is 5.78. The number of carbonyl (C=O) groups is 1. The number of halogens is 1. The number of amides is 1. The van der Waals surface area contributed by atoms with E-state index in [-0.39, 0.29) is 11.5 Å². The van der Waals surface area contributed by atoms with Crippen molar-refractivity contribution >= 4 is 38.6 Å². The van der Waals surface area contributed by atoms with Crippen molar-refractivity contribution in [3.8, 4) is 0 Å². The van der Waals surface area contributed by atoms with E-state index in [1.165, 1.54) is 0 Å². The summed E-state index contributed by atoms with van der Waals surface area (Å²) in [5.41, 5.74) is 0.526. The Morgan fingerprint density at radius 3 is 2.77 bits per heavy atom. The number of aromatic nitrogens is 3. The van der Waals surface area contributed by atoms with E-state index in [9.17, 15) is 9.59 Å². The van der Waals surface area contributed by atoms with Gasteiger partial charge in [0.05, 0.1) is 10.9 Å². The Morgan fingerprint density at radius 2 is 2.04 bits per heavy atom. The van der Waals surface area contributed by atoms with Crippen LogP contribution in [-0.2, 0) is 11.2 Å². The van der Waals surface area contributed by atoms with Crippen LogP contribution in [-0.4, -0.2) is 27.4 Å². The average Bonchev–Trinajstić information content (AvgIpc) is 2.64. The van der Waals surface area contributed by atoms with Crippen molar-refractivity contribution in [2.75, 3.05) is 11.4 Å². The van der Waals surface area contributed by atoms with Gasteiger partial charge < -0.3 is 4.98 Å². The third-order valence-corrected chi connectivity index (χ3v) is 4.54. The van der Waals surface area contributed by atoms with Crippen LogP contribution >= 0.6 is 15.9 Å². The topological polar surface area (TPSA) is 79.0 Å². The largest absolute Gasteiger partial charge is 0.310 e. The first-order valence-corrected chi connectivity index (χ1v) is 9.27. The molecule has 1 N–H and O–H groups in total. The Labute approximate surface area is 159 Å². The summed E-state index contributed by atoms with van der Waals surface area (Å²) >= 11 is 3.34. The molecule has 6 nitrogen and oxygen atoms in total. The summed E-state index contributed by atoms with van der Waals surface area (Å²) in [6.45, 7) is 2.47. The molecule has 0 fully saturated rings. The molecule has 0 aliphatic carbocycles. The number of nitrogens with zero attached hydrogens (tertiary/aromatic N) is 3. The summed E-state index contributed by atoms with van der Waals surface area (Å²) in [5, 5.41) is 0.575. The standard InChI is InChI=1S/C19H19BrN4O2/c1-2-24(17-11-10-13(20)12-21-17)18(25)9-5-8-16-22-15-7-4-3-6-14(15)19(26)23-16/h3-4,6-7,10-12H,2,5,8-9H2,1H3,(H,22,23,26). The fraction of sp³-hybridized carbons (Fsp3) is 0.263. The number of aryl methyl sites for hydroxylation is 1. The van der Waals surface area contributed by atoms with E-state index in [4.69, 9.17) is 0 Å². The summed E-state index contributed by atoms with van der Waals surface area (Å²) in [7, 11) is 0. The van der Waals surface area contributed by atoms with E-state index >= 15 is 0 Å². The number of para-hydroxylation sites is 1. The number of aromatic amines is 1. The molecule has 2 heterocycles. The van der Waals surface area contributed by atoms with Crippen molar-refractivity contribution in [3.63, 3.8) is 0 Å². The predicted octanol–water partition coefficient (Wildman–Crippen LogP) is 3.46. The maximum Gasteiger partial charge on any atom is 0.258 e. The number of hydrogen-bond acceptors (Lipinski definition) is 4. The van der Waals surface area contributed by atoms with Crippen molar-refractivity contribution in [2.45, 2.75) is 26.2 Å². The molecule has 134 valence electrons. The molecular weight excluding hydrogens is 396 g/mol. The number of H-pyrrole nitrogens is 1. The molecule has 7 heteroatoms. The number of nitrogens with one attached hydrogen (secondary N) is 1. The highest BCUT2D eigenvalue weighted by molar-refractivity contribution is 9.10. The first-order valence-electron chi connectivity index (χ1n) is 8.48. The van der Waals surface area contributed by atoms with Crippen molar-refractivity contribution < 1.29 is 4.79 Å². The molecule has 0 spiro atoms. The molecule has 3 rings (SSSR count). The van der Waals surface area contributed by atoms with Gasteiger partial charge >= 0.3 is 0 Å². The smallest absolute Gasteiger partial charge is 0.258 e. The summed E-state index contributed by atoms with van der Waals surface area (Å²) < 4.78 is 0.871. The molecule has 0 aliphatic heterocycles. The predicted molar refractivity (Wildman–Crippen MR) is 105 cm³/mol. The molecule has 2 aromatic heterocycles. The zero-order valence-electron chi connectivity index (χ0n) is 14.4.